The third-order valence-corrected chi connectivity index (χ3v) is 5.41. The number of rotatable bonds is 5. The van der Waals surface area contributed by atoms with E-state index in [1.165, 1.54) is 5.57 Å². The van der Waals surface area contributed by atoms with Crippen LogP contribution >= 0.6 is 0 Å². The standard InChI is InChI=1S/C24H28N2O2/c1-15(2)13-19-21(24(19,4)5)23(28)26-20-12-7-6-11-18(20)22(27)25-17-10-8-9-16(3)14-17/h6-14,19,21H,1-5H3,(H,25,27)(H,26,28)/t19-,21-/m1/s1. The number of carbonyl (C=O) groups excluding carboxylic acids is 2. The maximum absolute atomic E-state index is 12.9. The molecule has 1 aliphatic rings. The number of anilines is 2. The quantitative estimate of drug-likeness (QED) is 0.684. The first-order valence-corrected chi connectivity index (χ1v) is 9.63. The normalized spacial score (nSPS) is 19.5. The molecule has 4 nitrogen and oxygen atoms in total. The topological polar surface area (TPSA) is 58.2 Å². The lowest BCUT2D eigenvalue weighted by molar-refractivity contribution is -0.118. The Balaban J connectivity index is 1.76. The van der Waals surface area contributed by atoms with Crippen molar-refractivity contribution >= 4 is 23.2 Å². The highest BCUT2D eigenvalue weighted by Crippen LogP contribution is 2.59. The Morgan fingerprint density at radius 3 is 2.39 bits per heavy atom. The van der Waals surface area contributed by atoms with Crippen molar-refractivity contribution in [3.63, 3.8) is 0 Å². The molecule has 0 radical (unpaired) electrons. The Labute approximate surface area is 167 Å². The van der Waals surface area contributed by atoms with E-state index in [1.54, 1.807) is 18.2 Å². The van der Waals surface area contributed by atoms with E-state index in [1.807, 2.05) is 51.1 Å². The highest BCUT2D eigenvalue weighted by Gasteiger charge is 2.60. The summed E-state index contributed by atoms with van der Waals surface area (Å²) >= 11 is 0. The number of aryl methyl sites for hydroxylation is 1. The average molecular weight is 377 g/mol. The van der Waals surface area contributed by atoms with Crippen molar-refractivity contribution in [3.8, 4) is 0 Å². The largest absolute Gasteiger partial charge is 0.325 e. The minimum atomic E-state index is -0.239. The molecule has 0 unspecified atom stereocenters. The first-order valence-electron chi connectivity index (χ1n) is 9.63. The molecular formula is C24H28N2O2. The van der Waals surface area contributed by atoms with Crippen molar-refractivity contribution < 1.29 is 9.59 Å². The molecule has 3 rings (SSSR count). The molecule has 1 fully saturated rings. The molecule has 2 aromatic carbocycles. The van der Waals surface area contributed by atoms with E-state index in [2.05, 4.69) is 30.6 Å². The predicted octanol–water partition coefficient (Wildman–Crippen LogP) is 5.42. The SMILES string of the molecule is CC(C)=C[C@@H]1[C@H](C(=O)Nc2ccccc2C(=O)Nc2cccc(C)c2)C1(C)C. The van der Waals surface area contributed by atoms with E-state index >= 15 is 0 Å². The molecule has 2 atom stereocenters. The molecule has 0 spiro atoms. The van der Waals surface area contributed by atoms with Crippen LogP contribution in [0.3, 0.4) is 0 Å². The van der Waals surface area contributed by atoms with Crippen molar-refractivity contribution in [2.75, 3.05) is 10.6 Å². The van der Waals surface area contributed by atoms with Crippen LogP contribution in [0.25, 0.3) is 0 Å². The third kappa shape index (κ3) is 4.16. The lowest BCUT2D eigenvalue weighted by Crippen LogP contribution is -2.20. The maximum Gasteiger partial charge on any atom is 0.257 e. The van der Waals surface area contributed by atoms with Gasteiger partial charge in [-0.15, -0.1) is 0 Å². The van der Waals surface area contributed by atoms with Crippen LogP contribution in [-0.2, 0) is 4.79 Å². The van der Waals surface area contributed by atoms with Gasteiger partial charge >= 0.3 is 0 Å². The molecule has 0 saturated heterocycles. The number of allylic oxidation sites excluding steroid dienone is 2. The Kier molecular flexibility index (Phi) is 5.41. The van der Waals surface area contributed by atoms with Gasteiger partial charge < -0.3 is 10.6 Å². The van der Waals surface area contributed by atoms with Crippen molar-refractivity contribution in [1.29, 1.82) is 0 Å². The van der Waals surface area contributed by atoms with Crippen LogP contribution in [0.1, 0.15) is 43.6 Å². The Morgan fingerprint density at radius 1 is 1.00 bits per heavy atom. The number of benzene rings is 2. The van der Waals surface area contributed by atoms with Gasteiger partial charge in [0, 0.05) is 5.69 Å². The smallest absolute Gasteiger partial charge is 0.257 e. The third-order valence-electron chi connectivity index (χ3n) is 5.41. The number of nitrogens with one attached hydrogen (secondary N) is 2. The molecule has 146 valence electrons. The first kappa shape index (κ1) is 19.9. The van der Waals surface area contributed by atoms with E-state index in [4.69, 9.17) is 0 Å². The molecule has 1 aliphatic carbocycles. The van der Waals surface area contributed by atoms with Crippen LogP contribution in [0.15, 0.2) is 60.2 Å². The van der Waals surface area contributed by atoms with Gasteiger partial charge in [0.15, 0.2) is 0 Å². The zero-order valence-electron chi connectivity index (χ0n) is 17.2. The van der Waals surface area contributed by atoms with Gasteiger partial charge in [0.05, 0.1) is 17.2 Å². The van der Waals surface area contributed by atoms with Gasteiger partial charge in [0.25, 0.3) is 5.91 Å². The molecule has 0 heterocycles. The zero-order chi connectivity index (χ0) is 20.5. The van der Waals surface area contributed by atoms with E-state index in [0.717, 1.165) is 11.3 Å². The minimum Gasteiger partial charge on any atom is -0.325 e. The predicted molar refractivity (Wildman–Crippen MR) is 114 cm³/mol. The highest BCUT2D eigenvalue weighted by molar-refractivity contribution is 6.10. The second-order valence-corrected chi connectivity index (χ2v) is 8.43. The first-order chi connectivity index (χ1) is 13.2. The van der Waals surface area contributed by atoms with E-state index in [0.29, 0.717) is 11.3 Å². The highest BCUT2D eigenvalue weighted by atomic mass is 16.2. The monoisotopic (exact) mass is 376 g/mol. The molecule has 4 heteroatoms. The summed E-state index contributed by atoms with van der Waals surface area (Å²) in [5, 5.41) is 5.89. The summed E-state index contributed by atoms with van der Waals surface area (Å²) in [5.41, 5.74) is 3.94. The van der Waals surface area contributed by atoms with Crippen LogP contribution in [0.2, 0.25) is 0 Å². The minimum absolute atomic E-state index is 0.0386. The number of hydrogen-bond donors (Lipinski definition) is 2. The van der Waals surface area contributed by atoms with E-state index in [9.17, 15) is 9.59 Å². The summed E-state index contributed by atoms with van der Waals surface area (Å²) in [6, 6.07) is 14.8. The Bertz CT molecular complexity index is 939. The second-order valence-electron chi connectivity index (χ2n) is 8.43. The van der Waals surface area contributed by atoms with Gasteiger partial charge in [0.2, 0.25) is 5.91 Å². The molecule has 0 aromatic heterocycles. The van der Waals surface area contributed by atoms with Crippen LogP contribution in [0, 0.1) is 24.2 Å². The summed E-state index contributed by atoms with van der Waals surface area (Å²) in [6.45, 7) is 10.3. The van der Waals surface area contributed by atoms with Crippen LogP contribution < -0.4 is 10.6 Å². The molecule has 2 amide bonds. The van der Waals surface area contributed by atoms with Crippen molar-refractivity contribution in [3.05, 3.63) is 71.3 Å². The molecule has 0 bridgehead atoms. The summed E-state index contributed by atoms with van der Waals surface area (Å²) in [4.78, 5) is 25.7. The van der Waals surface area contributed by atoms with Gasteiger partial charge in [-0.05, 0) is 61.9 Å². The van der Waals surface area contributed by atoms with Crippen LogP contribution in [0.4, 0.5) is 11.4 Å². The second kappa shape index (κ2) is 7.63. The van der Waals surface area contributed by atoms with Gasteiger partial charge in [-0.3, -0.25) is 9.59 Å². The Morgan fingerprint density at radius 2 is 1.71 bits per heavy atom. The fraction of sp³-hybridized carbons (Fsp3) is 0.333. The Hall–Kier alpha value is -2.88. The van der Waals surface area contributed by atoms with Gasteiger partial charge in [-0.2, -0.15) is 0 Å². The summed E-state index contributed by atoms with van der Waals surface area (Å²) in [6.07, 6.45) is 2.17. The fourth-order valence-electron chi connectivity index (χ4n) is 3.77. The van der Waals surface area contributed by atoms with E-state index in [-0.39, 0.29) is 29.1 Å². The van der Waals surface area contributed by atoms with Crippen molar-refractivity contribution in [1.82, 2.24) is 0 Å². The van der Waals surface area contributed by atoms with Crippen LogP contribution in [-0.4, -0.2) is 11.8 Å². The van der Waals surface area contributed by atoms with Crippen molar-refractivity contribution in [2.45, 2.75) is 34.6 Å². The lowest BCUT2D eigenvalue weighted by Gasteiger charge is -2.12. The molecule has 1 saturated carbocycles. The molecule has 28 heavy (non-hydrogen) atoms. The summed E-state index contributed by atoms with van der Waals surface area (Å²) < 4.78 is 0. The number of amides is 2. The summed E-state index contributed by atoms with van der Waals surface area (Å²) in [5.74, 6) is -0.137. The number of hydrogen-bond acceptors (Lipinski definition) is 2. The molecule has 2 N–H and O–H groups in total. The molecular weight excluding hydrogens is 348 g/mol. The fourth-order valence-corrected chi connectivity index (χ4v) is 3.77. The van der Waals surface area contributed by atoms with Gasteiger partial charge in [-0.25, -0.2) is 0 Å². The number of carbonyl (C=O) groups is 2. The number of para-hydroxylation sites is 1. The van der Waals surface area contributed by atoms with Gasteiger partial charge in [-0.1, -0.05) is 49.8 Å². The van der Waals surface area contributed by atoms with E-state index < -0.39 is 0 Å². The van der Waals surface area contributed by atoms with Crippen LogP contribution in [0.5, 0.6) is 0 Å². The summed E-state index contributed by atoms with van der Waals surface area (Å²) in [7, 11) is 0. The molecule has 0 aliphatic heterocycles. The van der Waals surface area contributed by atoms with Crippen molar-refractivity contribution in [2.24, 2.45) is 17.3 Å². The maximum atomic E-state index is 12.9. The molecule has 2 aromatic rings. The zero-order valence-corrected chi connectivity index (χ0v) is 17.2. The van der Waals surface area contributed by atoms with Gasteiger partial charge in [0.1, 0.15) is 0 Å². The lowest BCUT2D eigenvalue weighted by atomic mass is 10.1. The average Bonchev–Trinajstić information content (AvgIpc) is 3.14.